The van der Waals surface area contributed by atoms with E-state index >= 15 is 0 Å². The number of aromatic amines is 1. The summed E-state index contributed by atoms with van der Waals surface area (Å²) in [6.45, 7) is 1.81. The van der Waals surface area contributed by atoms with Crippen LogP contribution in [0.4, 0.5) is 0 Å². The van der Waals surface area contributed by atoms with Crippen molar-refractivity contribution in [1.29, 1.82) is 5.26 Å². The number of hydrogen-bond donors (Lipinski definition) is 2. The summed E-state index contributed by atoms with van der Waals surface area (Å²) in [6, 6.07) is 6.24. The van der Waals surface area contributed by atoms with Crippen LogP contribution in [0.3, 0.4) is 0 Å². The molecular weight excluding hydrogens is 342 g/mol. The fourth-order valence-corrected chi connectivity index (χ4v) is 4.18. The van der Waals surface area contributed by atoms with E-state index in [0.29, 0.717) is 11.0 Å². The summed E-state index contributed by atoms with van der Waals surface area (Å²) in [5.74, 6) is 0.576. The number of H-pyrrole nitrogens is 1. The van der Waals surface area contributed by atoms with Gasteiger partial charge in [0.25, 0.3) is 0 Å². The van der Waals surface area contributed by atoms with E-state index in [4.69, 9.17) is 0 Å². The first-order valence-electron chi connectivity index (χ1n) is 7.98. The van der Waals surface area contributed by atoms with Crippen LogP contribution >= 0.6 is 23.1 Å². The Bertz CT molecular complexity index is 728. The van der Waals surface area contributed by atoms with Crippen LogP contribution in [0.15, 0.2) is 22.7 Å². The molecule has 0 radical (unpaired) electrons. The van der Waals surface area contributed by atoms with E-state index in [9.17, 15) is 10.1 Å². The molecule has 0 aromatic carbocycles. The molecule has 0 bridgehead atoms. The van der Waals surface area contributed by atoms with Crippen molar-refractivity contribution in [3.8, 4) is 16.8 Å². The monoisotopic (exact) mass is 361 g/mol. The Morgan fingerprint density at radius 2 is 2.29 bits per heavy atom. The van der Waals surface area contributed by atoms with Crippen LogP contribution in [0, 0.1) is 11.3 Å². The zero-order valence-corrected chi connectivity index (χ0v) is 15.0. The number of nitrogens with one attached hydrogen (secondary N) is 2. The first-order chi connectivity index (χ1) is 11.6. The molecule has 8 heteroatoms. The number of aromatic nitrogens is 3. The van der Waals surface area contributed by atoms with Crippen LogP contribution in [0.5, 0.6) is 0 Å². The molecule has 1 aliphatic carbocycles. The highest BCUT2D eigenvalue weighted by Gasteiger charge is 2.35. The lowest BCUT2D eigenvalue weighted by molar-refractivity contribution is -0.121. The third kappa shape index (κ3) is 3.79. The fraction of sp³-hybridized carbons (Fsp3) is 0.500. The van der Waals surface area contributed by atoms with Gasteiger partial charge in [0, 0.05) is 0 Å². The maximum Gasteiger partial charge on any atom is 0.234 e. The van der Waals surface area contributed by atoms with E-state index in [2.05, 4.69) is 26.6 Å². The highest BCUT2D eigenvalue weighted by atomic mass is 32.2. The van der Waals surface area contributed by atoms with Crippen molar-refractivity contribution in [2.75, 3.05) is 0 Å². The number of amides is 1. The minimum absolute atomic E-state index is 0.133. The second kappa shape index (κ2) is 7.36. The third-order valence-electron chi connectivity index (χ3n) is 4.15. The summed E-state index contributed by atoms with van der Waals surface area (Å²) >= 11 is 2.88. The Balaban J connectivity index is 1.61. The van der Waals surface area contributed by atoms with E-state index in [1.165, 1.54) is 11.8 Å². The molecule has 2 heterocycles. The molecule has 0 unspecified atom stereocenters. The Kier molecular flexibility index (Phi) is 5.21. The van der Waals surface area contributed by atoms with Gasteiger partial charge in [0.1, 0.15) is 5.54 Å². The van der Waals surface area contributed by atoms with Crippen LogP contribution in [-0.4, -0.2) is 31.9 Å². The molecule has 2 N–H and O–H groups in total. The number of hydrogen-bond acceptors (Lipinski definition) is 6. The SMILES string of the molecule is C[C@H](Sc1n[nH]c(-c2cccs2)n1)C(=O)NC1(C#N)CCCCC1. The minimum Gasteiger partial charge on any atom is -0.337 e. The smallest absolute Gasteiger partial charge is 0.234 e. The molecule has 24 heavy (non-hydrogen) atoms. The summed E-state index contributed by atoms with van der Waals surface area (Å²) in [5, 5.41) is 21.6. The quantitative estimate of drug-likeness (QED) is 0.796. The van der Waals surface area contributed by atoms with Crippen LogP contribution < -0.4 is 5.32 Å². The van der Waals surface area contributed by atoms with Crippen molar-refractivity contribution >= 4 is 29.0 Å². The predicted octanol–water partition coefficient (Wildman–Crippen LogP) is 3.36. The van der Waals surface area contributed by atoms with E-state index in [-0.39, 0.29) is 11.2 Å². The van der Waals surface area contributed by atoms with E-state index in [1.807, 2.05) is 24.4 Å². The first-order valence-corrected chi connectivity index (χ1v) is 9.74. The van der Waals surface area contributed by atoms with E-state index in [1.54, 1.807) is 11.3 Å². The number of carbonyl (C=O) groups excluding carboxylic acids is 1. The van der Waals surface area contributed by atoms with Gasteiger partial charge in [-0.05, 0) is 31.2 Å². The normalized spacial score (nSPS) is 17.8. The van der Waals surface area contributed by atoms with Crippen molar-refractivity contribution in [2.24, 2.45) is 0 Å². The maximum atomic E-state index is 12.5. The summed E-state index contributed by atoms with van der Waals surface area (Å²) < 4.78 is 0. The third-order valence-corrected chi connectivity index (χ3v) is 5.99. The lowest BCUT2D eigenvalue weighted by Crippen LogP contribution is -2.50. The van der Waals surface area contributed by atoms with Gasteiger partial charge < -0.3 is 5.32 Å². The molecule has 1 fully saturated rings. The average Bonchev–Trinajstić information content (AvgIpc) is 3.26. The second-order valence-corrected chi connectivity index (χ2v) is 8.20. The summed E-state index contributed by atoms with van der Waals surface area (Å²) in [6.07, 6.45) is 4.57. The van der Waals surface area contributed by atoms with Crippen molar-refractivity contribution in [3.05, 3.63) is 17.5 Å². The van der Waals surface area contributed by atoms with Crippen molar-refractivity contribution < 1.29 is 4.79 Å². The Morgan fingerprint density at radius 3 is 2.96 bits per heavy atom. The molecule has 2 aromatic rings. The van der Waals surface area contributed by atoms with Gasteiger partial charge in [-0.2, -0.15) is 5.26 Å². The largest absolute Gasteiger partial charge is 0.337 e. The van der Waals surface area contributed by atoms with Crippen LogP contribution in [0.25, 0.3) is 10.7 Å². The van der Waals surface area contributed by atoms with Gasteiger partial charge in [-0.1, -0.05) is 37.1 Å². The van der Waals surface area contributed by atoms with Gasteiger partial charge in [-0.25, -0.2) is 4.98 Å². The molecule has 0 spiro atoms. The van der Waals surface area contributed by atoms with Crippen LogP contribution in [-0.2, 0) is 4.79 Å². The molecular formula is C16H19N5OS2. The topological polar surface area (TPSA) is 94.5 Å². The fourth-order valence-electron chi connectivity index (χ4n) is 2.79. The Hall–Kier alpha value is -1.85. The number of thiophene rings is 1. The molecule has 1 atom stereocenters. The molecule has 1 amide bonds. The molecule has 126 valence electrons. The van der Waals surface area contributed by atoms with Crippen molar-refractivity contribution in [1.82, 2.24) is 20.5 Å². The van der Waals surface area contributed by atoms with Gasteiger partial charge in [-0.15, -0.1) is 16.4 Å². The number of nitrogens with zero attached hydrogens (tertiary/aromatic N) is 3. The Morgan fingerprint density at radius 1 is 1.50 bits per heavy atom. The van der Waals surface area contributed by atoms with E-state index in [0.717, 1.165) is 37.0 Å². The van der Waals surface area contributed by atoms with Gasteiger partial charge >= 0.3 is 0 Å². The molecule has 1 aliphatic rings. The standard InChI is InChI=1S/C16H19N5OS2/c1-11(14(22)19-16(10-17)7-3-2-4-8-16)24-15-18-13(20-21-15)12-6-5-9-23-12/h5-6,9,11H,2-4,7-8H2,1H3,(H,19,22)(H,18,20,21)/t11-/m0/s1. The highest BCUT2D eigenvalue weighted by molar-refractivity contribution is 8.00. The molecule has 2 aromatic heterocycles. The average molecular weight is 361 g/mol. The molecule has 6 nitrogen and oxygen atoms in total. The minimum atomic E-state index is -0.703. The second-order valence-electron chi connectivity index (χ2n) is 5.95. The van der Waals surface area contributed by atoms with Crippen molar-refractivity contribution in [3.63, 3.8) is 0 Å². The van der Waals surface area contributed by atoms with Crippen LogP contribution in [0.2, 0.25) is 0 Å². The number of rotatable bonds is 5. The molecule has 0 aliphatic heterocycles. The number of carbonyl (C=O) groups is 1. The summed E-state index contributed by atoms with van der Waals surface area (Å²) in [7, 11) is 0. The van der Waals surface area contributed by atoms with Crippen molar-refractivity contribution in [2.45, 2.75) is 55.0 Å². The van der Waals surface area contributed by atoms with E-state index < -0.39 is 5.54 Å². The van der Waals surface area contributed by atoms with Crippen LogP contribution in [0.1, 0.15) is 39.0 Å². The van der Waals surface area contributed by atoms with Gasteiger partial charge in [0.15, 0.2) is 5.82 Å². The zero-order chi connectivity index (χ0) is 17.0. The summed E-state index contributed by atoms with van der Waals surface area (Å²) in [5.41, 5.74) is -0.703. The lowest BCUT2D eigenvalue weighted by Gasteiger charge is -2.32. The van der Waals surface area contributed by atoms with Gasteiger partial charge in [0.05, 0.1) is 16.2 Å². The predicted molar refractivity (Wildman–Crippen MR) is 94.6 cm³/mol. The molecule has 3 rings (SSSR count). The molecule has 0 saturated heterocycles. The number of thioether (sulfide) groups is 1. The van der Waals surface area contributed by atoms with Gasteiger partial charge in [0.2, 0.25) is 11.1 Å². The first kappa shape index (κ1) is 17.0. The maximum absolute atomic E-state index is 12.5. The highest BCUT2D eigenvalue weighted by Crippen LogP contribution is 2.29. The number of nitriles is 1. The van der Waals surface area contributed by atoms with Gasteiger partial charge in [-0.3, -0.25) is 9.89 Å². The Labute approximate surface area is 149 Å². The zero-order valence-electron chi connectivity index (χ0n) is 13.4. The summed E-state index contributed by atoms with van der Waals surface area (Å²) in [4.78, 5) is 17.9. The lowest BCUT2D eigenvalue weighted by atomic mass is 9.83. The molecule has 1 saturated carbocycles.